The van der Waals surface area contributed by atoms with Gasteiger partial charge >= 0.3 is 0 Å². The number of hydrogen-bond donors (Lipinski definition) is 0. The smallest absolute Gasteiger partial charge is 0.0590 e. The van der Waals surface area contributed by atoms with Crippen LogP contribution in [0.25, 0.3) is 0 Å². The van der Waals surface area contributed by atoms with Crippen LogP contribution in [0.2, 0.25) is 0 Å². The Kier molecular flexibility index (Phi) is 7.26. The first kappa shape index (κ1) is 27.9. The molecule has 0 bridgehead atoms. The molecule has 0 aromatic heterocycles. The lowest BCUT2D eigenvalue weighted by atomic mass is 9.64. The van der Waals surface area contributed by atoms with Gasteiger partial charge in [0.05, 0.1) is 5.41 Å². The Bertz CT molecular complexity index is 1200. The van der Waals surface area contributed by atoms with E-state index in [4.69, 9.17) is 0 Å². The van der Waals surface area contributed by atoms with Crippen molar-refractivity contribution in [2.45, 2.75) is 90.9 Å². The van der Waals surface area contributed by atoms with E-state index in [9.17, 15) is 0 Å². The van der Waals surface area contributed by atoms with E-state index in [1.54, 1.807) is 0 Å². The quantitative estimate of drug-likeness (QED) is 0.243. The molecular weight excluding hydrogens is 456 g/mol. The highest BCUT2D eigenvalue weighted by molar-refractivity contribution is 5.61. The number of benzene rings is 4. The Labute approximate surface area is 232 Å². The number of aryl methyl sites for hydroxylation is 1. The lowest BCUT2D eigenvalue weighted by Gasteiger charge is -2.38. The molecule has 0 N–H and O–H groups in total. The van der Waals surface area contributed by atoms with Crippen molar-refractivity contribution >= 4 is 0 Å². The van der Waals surface area contributed by atoms with Gasteiger partial charge in [0.2, 0.25) is 0 Å². The molecule has 0 aliphatic heterocycles. The summed E-state index contributed by atoms with van der Waals surface area (Å²) in [7, 11) is 0. The second-order valence-electron chi connectivity index (χ2n) is 14.1. The molecule has 0 radical (unpaired) electrons. The summed E-state index contributed by atoms with van der Waals surface area (Å²) < 4.78 is 0. The van der Waals surface area contributed by atoms with E-state index in [0.29, 0.717) is 0 Å². The third-order valence-electron chi connectivity index (χ3n) is 8.04. The van der Waals surface area contributed by atoms with Crippen LogP contribution in [0, 0.1) is 6.92 Å². The molecule has 0 amide bonds. The maximum atomic E-state index is 2.36. The van der Waals surface area contributed by atoms with Crippen molar-refractivity contribution in [3.05, 3.63) is 142 Å². The Morgan fingerprint density at radius 3 is 0.684 bits per heavy atom. The normalized spacial score (nSPS) is 13.0. The van der Waals surface area contributed by atoms with Crippen LogP contribution in [-0.2, 0) is 21.7 Å². The fourth-order valence-corrected chi connectivity index (χ4v) is 5.46. The van der Waals surface area contributed by atoms with Crippen molar-refractivity contribution in [3.8, 4) is 0 Å². The van der Waals surface area contributed by atoms with Crippen LogP contribution in [0.3, 0.4) is 0 Å². The second kappa shape index (κ2) is 9.88. The van der Waals surface area contributed by atoms with Crippen molar-refractivity contribution < 1.29 is 0 Å². The summed E-state index contributed by atoms with van der Waals surface area (Å²) in [5, 5.41) is 0. The first-order valence-corrected chi connectivity index (χ1v) is 14.0. The zero-order valence-electron chi connectivity index (χ0n) is 25.2. The van der Waals surface area contributed by atoms with E-state index >= 15 is 0 Å². The molecule has 0 aliphatic rings. The summed E-state index contributed by atoms with van der Waals surface area (Å²) in [6.07, 6.45) is 0. The molecule has 198 valence electrons. The molecule has 0 atom stereocenters. The van der Waals surface area contributed by atoms with E-state index in [0.717, 1.165) is 0 Å². The monoisotopic (exact) mass is 502 g/mol. The zero-order chi connectivity index (χ0) is 27.9. The first-order valence-electron chi connectivity index (χ1n) is 14.0. The summed E-state index contributed by atoms with van der Waals surface area (Å²) in [5.41, 5.74) is 10.4. The van der Waals surface area contributed by atoms with Crippen LogP contribution in [0.4, 0.5) is 0 Å². The summed E-state index contributed by atoms with van der Waals surface area (Å²) in [6, 6.07) is 37.2. The van der Waals surface area contributed by atoms with Gasteiger partial charge in [-0.05, 0) is 62.1 Å². The van der Waals surface area contributed by atoms with Gasteiger partial charge in [0.15, 0.2) is 0 Å². The Hall–Kier alpha value is -3.12. The molecule has 0 unspecified atom stereocenters. The van der Waals surface area contributed by atoms with Gasteiger partial charge < -0.3 is 0 Å². The molecule has 0 saturated heterocycles. The van der Waals surface area contributed by atoms with E-state index in [1.807, 2.05) is 0 Å². The molecule has 0 nitrogen and oxygen atoms in total. The van der Waals surface area contributed by atoms with Crippen LogP contribution in [0.5, 0.6) is 0 Å². The Balaban J connectivity index is 2.07. The topological polar surface area (TPSA) is 0 Å². The highest BCUT2D eigenvalue weighted by Crippen LogP contribution is 2.46. The van der Waals surface area contributed by atoms with Crippen molar-refractivity contribution in [1.82, 2.24) is 0 Å². The average molecular weight is 503 g/mol. The largest absolute Gasteiger partial charge is 0.0701 e. The minimum atomic E-state index is -0.434. The van der Waals surface area contributed by atoms with Crippen LogP contribution < -0.4 is 0 Å². The van der Waals surface area contributed by atoms with Gasteiger partial charge in [-0.1, -0.05) is 165 Å². The summed E-state index contributed by atoms with van der Waals surface area (Å²) >= 11 is 0. The van der Waals surface area contributed by atoms with Gasteiger partial charge in [-0.3, -0.25) is 0 Å². The summed E-state index contributed by atoms with van der Waals surface area (Å²) in [6.45, 7) is 22.7. The molecule has 0 heteroatoms. The van der Waals surface area contributed by atoms with Gasteiger partial charge in [0, 0.05) is 0 Å². The first-order chi connectivity index (χ1) is 17.6. The minimum absolute atomic E-state index is 0.105. The minimum Gasteiger partial charge on any atom is -0.0590 e. The molecule has 4 rings (SSSR count). The van der Waals surface area contributed by atoms with Crippen molar-refractivity contribution in [1.29, 1.82) is 0 Å². The van der Waals surface area contributed by atoms with Crippen molar-refractivity contribution in [2.24, 2.45) is 0 Å². The van der Waals surface area contributed by atoms with E-state index < -0.39 is 5.41 Å². The fourth-order valence-electron chi connectivity index (χ4n) is 5.46. The third kappa shape index (κ3) is 5.37. The molecule has 38 heavy (non-hydrogen) atoms. The zero-order valence-corrected chi connectivity index (χ0v) is 25.2. The SMILES string of the molecule is Cc1ccc(C(c2ccc(C(C)(C)C)cc2)(c2ccc(C(C)(C)C)cc2)c2ccc(C(C)(C)C)cc2)cc1. The molecule has 0 aliphatic carbocycles. The van der Waals surface area contributed by atoms with Crippen molar-refractivity contribution in [3.63, 3.8) is 0 Å². The maximum Gasteiger partial charge on any atom is 0.0701 e. The molecule has 0 heterocycles. The highest BCUT2D eigenvalue weighted by atomic mass is 14.4. The van der Waals surface area contributed by atoms with Gasteiger partial charge in [-0.25, -0.2) is 0 Å². The van der Waals surface area contributed by atoms with Crippen LogP contribution in [0.15, 0.2) is 97.1 Å². The molecule has 0 spiro atoms. The predicted octanol–water partition coefficient (Wildman–Crippen LogP) is 10.3. The predicted molar refractivity (Wildman–Crippen MR) is 166 cm³/mol. The Morgan fingerprint density at radius 2 is 0.474 bits per heavy atom. The van der Waals surface area contributed by atoms with E-state index in [-0.39, 0.29) is 16.2 Å². The Morgan fingerprint density at radius 1 is 0.289 bits per heavy atom. The highest BCUT2D eigenvalue weighted by Gasteiger charge is 2.39. The molecule has 0 saturated carbocycles. The fraction of sp³-hybridized carbons (Fsp3) is 0.368. The number of hydrogen-bond acceptors (Lipinski definition) is 0. The molecule has 4 aromatic carbocycles. The van der Waals surface area contributed by atoms with Crippen molar-refractivity contribution in [2.75, 3.05) is 0 Å². The van der Waals surface area contributed by atoms with E-state index in [1.165, 1.54) is 44.5 Å². The lowest BCUT2D eigenvalue weighted by Crippen LogP contribution is -2.31. The van der Waals surface area contributed by atoms with Crippen LogP contribution in [0.1, 0.15) is 107 Å². The average Bonchev–Trinajstić information content (AvgIpc) is 2.85. The van der Waals surface area contributed by atoms with Crippen LogP contribution in [-0.4, -0.2) is 0 Å². The van der Waals surface area contributed by atoms with Crippen LogP contribution >= 0.6 is 0 Å². The maximum absolute atomic E-state index is 2.36. The standard InChI is InChI=1S/C38H46/c1-27-11-13-31(14-12-27)38(32-21-15-28(16-22-32)35(2,3)4,33-23-17-29(18-24-33)36(5,6)7)34-25-19-30(20-26-34)37(8,9)10/h11-26H,1-10H3. The number of rotatable bonds is 4. The summed E-state index contributed by atoms with van der Waals surface area (Å²) in [5.74, 6) is 0. The van der Waals surface area contributed by atoms with Gasteiger partial charge in [-0.15, -0.1) is 0 Å². The molecular formula is C38H46. The molecule has 4 aromatic rings. The van der Waals surface area contributed by atoms with Gasteiger partial charge in [-0.2, -0.15) is 0 Å². The van der Waals surface area contributed by atoms with Gasteiger partial charge in [0.1, 0.15) is 0 Å². The van der Waals surface area contributed by atoms with E-state index in [2.05, 4.69) is 166 Å². The second-order valence-corrected chi connectivity index (χ2v) is 14.1. The molecule has 0 fully saturated rings. The summed E-state index contributed by atoms with van der Waals surface area (Å²) in [4.78, 5) is 0. The van der Waals surface area contributed by atoms with Gasteiger partial charge in [0.25, 0.3) is 0 Å². The third-order valence-corrected chi connectivity index (χ3v) is 8.04. The lowest BCUT2D eigenvalue weighted by molar-refractivity contribution is 0.587.